The highest BCUT2D eigenvalue weighted by Crippen LogP contribution is 2.65. The predicted molar refractivity (Wildman–Crippen MR) is 50.4 cm³/mol. The molecule has 0 saturated heterocycles. The third-order valence-corrected chi connectivity index (χ3v) is 5.56. The van der Waals surface area contributed by atoms with Gasteiger partial charge < -0.3 is 5.11 Å². The van der Waals surface area contributed by atoms with Gasteiger partial charge in [-0.05, 0) is 48.9 Å². The highest BCUT2D eigenvalue weighted by Gasteiger charge is 2.64. The second kappa shape index (κ2) is 2.24. The molecular weight excluding hydrogens is 176 g/mol. The number of ketones is 1. The zero-order chi connectivity index (χ0) is 9.45. The minimum Gasteiger partial charge on any atom is -0.393 e. The number of carbonyl (C=O) groups excluding carboxylic acids is 1. The highest BCUT2D eigenvalue weighted by atomic mass is 16.3. The Morgan fingerprint density at radius 3 is 2.71 bits per heavy atom. The summed E-state index contributed by atoms with van der Waals surface area (Å²) in [4.78, 5) is 11.9. The van der Waals surface area contributed by atoms with Crippen molar-refractivity contribution in [3.63, 3.8) is 0 Å². The van der Waals surface area contributed by atoms with Crippen molar-refractivity contribution in [1.29, 1.82) is 0 Å². The summed E-state index contributed by atoms with van der Waals surface area (Å²) in [5.74, 6) is 3.82. The number of aliphatic hydroxyl groups is 1. The van der Waals surface area contributed by atoms with Crippen LogP contribution in [0.5, 0.6) is 0 Å². The van der Waals surface area contributed by atoms with Crippen LogP contribution in [0.15, 0.2) is 0 Å². The lowest BCUT2D eigenvalue weighted by atomic mass is 9.39. The molecule has 4 bridgehead atoms. The molecule has 4 saturated carbocycles. The van der Waals surface area contributed by atoms with Crippen LogP contribution < -0.4 is 0 Å². The highest BCUT2D eigenvalue weighted by molar-refractivity contribution is 5.84. The first-order chi connectivity index (χ1) is 6.75. The molecule has 0 aromatic rings. The van der Waals surface area contributed by atoms with Gasteiger partial charge in [0.05, 0.1) is 6.10 Å². The SMILES string of the molecule is O=C1C[C@H]2C[C@@H]3[C@@H]4C[C@H]2C[C@@H](O)[C@@H]4[C@H]13. The quantitative estimate of drug-likeness (QED) is 0.626. The zero-order valence-corrected chi connectivity index (χ0v) is 8.23. The number of fused-ring (bicyclic) bond motifs is 4. The summed E-state index contributed by atoms with van der Waals surface area (Å²) in [6.45, 7) is 0. The van der Waals surface area contributed by atoms with Gasteiger partial charge in [0, 0.05) is 12.3 Å². The second-order valence-electron chi connectivity index (χ2n) is 5.90. The maximum absolute atomic E-state index is 11.9. The Balaban J connectivity index is 1.81. The Kier molecular flexibility index (Phi) is 1.26. The van der Waals surface area contributed by atoms with Crippen molar-refractivity contribution in [2.75, 3.05) is 0 Å². The lowest BCUT2D eigenvalue weighted by Gasteiger charge is -2.65. The van der Waals surface area contributed by atoms with Crippen molar-refractivity contribution in [2.24, 2.45) is 35.5 Å². The topological polar surface area (TPSA) is 37.3 Å². The Labute approximate surface area is 83.7 Å². The number of aliphatic hydroxyl groups excluding tert-OH is 1. The minimum absolute atomic E-state index is 0.146. The molecular formula is C12H16O2. The molecule has 0 aromatic heterocycles. The number of hydrogen-bond acceptors (Lipinski definition) is 2. The molecule has 0 aliphatic heterocycles. The van der Waals surface area contributed by atoms with Gasteiger partial charge in [-0.3, -0.25) is 4.79 Å². The molecule has 2 heteroatoms. The lowest BCUT2D eigenvalue weighted by molar-refractivity contribution is -0.205. The van der Waals surface area contributed by atoms with Gasteiger partial charge >= 0.3 is 0 Å². The third kappa shape index (κ3) is 0.690. The fourth-order valence-corrected chi connectivity index (χ4v) is 5.07. The normalized spacial score (nSPS) is 63.8. The van der Waals surface area contributed by atoms with Crippen LogP contribution in [0.3, 0.4) is 0 Å². The molecule has 0 unspecified atom stereocenters. The predicted octanol–water partition coefficient (Wildman–Crippen LogP) is 1.23. The molecule has 0 amide bonds. The minimum atomic E-state index is -0.146. The van der Waals surface area contributed by atoms with E-state index in [-0.39, 0.29) is 12.0 Å². The van der Waals surface area contributed by atoms with Crippen molar-refractivity contribution in [3.05, 3.63) is 0 Å². The van der Waals surface area contributed by atoms with Crippen molar-refractivity contribution >= 4 is 5.78 Å². The van der Waals surface area contributed by atoms with Crippen LogP contribution in [-0.4, -0.2) is 17.0 Å². The molecule has 14 heavy (non-hydrogen) atoms. The van der Waals surface area contributed by atoms with E-state index in [2.05, 4.69) is 0 Å². The zero-order valence-electron chi connectivity index (χ0n) is 8.23. The van der Waals surface area contributed by atoms with Gasteiger partial charge in [-0.15, -0.1) is 0 Å². The number of Topliss-reactive ketones (excluding diaryl/α,β-unsaturated/α-hetero) is 1. The molecule has 2 nitrogen and oxygen atoms in total. The summed E-state index contributed by atoms with van der Waals surface area (Å²) < 4.78 is 0. The molecule has 0 heterocycles. The van der Waals surface area contributed by atoms with E-state index in [1.165, 1.54) is 12.8 Å². The van der Waals surface area contributed by atoms with Gasteiger partial charge in [-0.1, -0.05) is 0 Å². The van der Waals surface area contributed by atoms with Crippen molar-refractivity contribution in [2.45, 2.75) is 31.8 Å². The second-order valence-corrected chi connectivity index (χ2v) is 5.90. The van der Waals surface area contributed by atoms with Crippen LogP contribution >= 0.6 is 0 Å². The Hall–Kier alpha value is -0.370. The van der Waals surface area contributed by atoms with E-state index in [4.69, 9.17) is 0 Å². The lowest BCUT2D eigenvalue weighted by Crippen LogP contribution is -2.65. The van der Waals surface area contributed by atoms with Gasteiger partial charge in [0.2, 0.25) is 0 Å². The number of hydrogen-bond donors (Lipinski definition) is 1. The van der Waals surface area contributed by atoms with Gasteiger partial charge in [-0.2, -0.15) is 0 Å². The summed E-state index contributed by atoms with van der Waals surface area (Å²) in [6.07, 6.45) is 4.30. The molecule has 4 rings (SSSR count). The molecule has 0 aromatic carbocycles. The summed E-state index contributed by atoms with van der Waals surface area (Å²) in [5, 5.41) is 10.0. The fourth-order valence-electron chi connectivity index (χ4n) is 5.07. The van der Waals surface area contributed by atoms with Gasteiger partial charge in [0.25, 0.3) is 0 Å². The number of rotatable bonds is 0. The van der Waals surface area contributed by atoms with Crippen LogP contribution in [-0.2, 0) is 4.79 Å². The first kappa shape index (κ1) is 7.86. The maximum atomic E-state index is 11.9. The monoisotopic (exact) mass is 192 g/mol. The third-order valence-electron chi connectivity index (χ3n) is 5.56. The molecule has 0 spiro atoms. The molecule has 4 aliphatic rings. The van der Waals surface area contributed by atoms with Crippen molar-refractivity contribution in [3.8, 4) is 0 Å². The fraction of sp³-hybridized carbons (Fsp3) is 0.917. The summed E-state index contributed by atoms with van der Waals surface area (Å²) in [5.41, 5.74) is 0. The first-order valence-corrected chi connectivity index (χ1v) is 5.96. The van der Waals surface area contributed by atoms with Crippen LogP contribution in [0.1, 0.15) is 25.7 Å². The maximum Gasteiger partial charge on any atom is 0.136 e. The standard InChI is InChI=1S/C12H16O2/c13-9-3-5-1-7-8-2-6(5)4-10(14)12(8)11(7)9/h5-9,11-13H,1-4H2/t5-,6+,7-,8+,9+,11+,12-/m0/s1. The van der Waals surface area contributed by atoms with Crippen LogP contribution in [0.4, 0.5) is 0 Å². The van der Waals surface area contributed by atoms with E-state index < -0.39 is 0 Å². The molecule has 0 radical (unpaired) electrons. The Morgan fingerprint density at radius 2 is 1.86 bits per heavy atom. The molecule has 1 N–H and O–H groups in total. The molecule has 4 fully saturated rings. The van der Waals surface area contributed by atoms with E-state index in [9.17, 15) is 9.90 Å². The summed E-state index contributed by atoms with van der Waals surface area (Å²) >= 11 is 0. The Bertz CT molecular complexity index is 305. The largest absolute Gasteiger partial charge is 0.393 e. The van der Waals surface area contributed by atoms with Crippen LogP contribution in [0, 0.1) is 35.5 Å². The van der Waals surface area contributed by atoms with E-state index >= 15 is 0 Å². The average Bonchev–Trinajstić information content (AvgIpc) is 2.09. The van der Waals surface area contributed by atoms with Crippen molar-refractivity contribution in [1.82, 2.24) is 0 Å². The summed E-state index contributed by atoms with van der Waals surface area (Å²) in [7, 11) is 0. The van der Waals surface area contributed by atoms with Crippen LogP contribution in [0.25, 0.3) is 0 Å². The van der Waals surface area contributed by atoms with Gasteiger partial charge in [0.1, 0.15) is 5.78 Å². The smallest absolute Gasteiger partial charge is 0.136 e. The van der Waals surface area contributed by atoms with Crippen LogP contribution in [0.2, 0.25) is 0 Å². The van der Waals surface area contributed by atoms with E-state index in [1.54, 1.807) is 0 Å². The Morgan fingerprint density at radius 1 is 1.07 bits per heavy atom. The van der Waals surface area contributed by atoms with Gasteiger partial charge in [0.15, 0.2) is 0 Å². The summed E-state index contributed by atoms with van der Waals surface area (Å²) in [6, 6.07) is 0. The van der Waals surface area contributed by atoms with Crippen molar-refractivity contribution < 1.29 is 9.90 Å². The number of carbonyl (C=O) groups is 1. The first-order valence-electron chi connectivity index (χ1n) is 5.96. The molecule has 76 valence electrons. The van der Waals surface area contributed by atoms with E-state index in [0.717, 1.165) is 12.8 Å². The average molecular weight is 192 g/mol. The van der Waals surface area contributed by atoms with E-state index in [0.29, 0.717) is 35.4 Å². The van der Waals surface area contributed by atoms with E-state index in [1.807, 2.05) is 0 Å². The molecule has 4 aliphatic carbocycles. The molecule has 7 atom stereocenters. The van der Waals surface area contributed by atoms with Gasteiger partial charge in [-0.25, -0.2) is 0 Å².